The van der Waals surface area contributed by atoms with E-state index in [2.05, 4.69) is 27.7 Å². The van der Waals surface area contributed by atoms with Crippen molar-refractivity contribution >= 4 is 17.2 Å². The molecule has 1 saturated heterocycles. The molecule has 140 valence electrons. The van der Waals surface area contributed by atoms with Gasteiger partial charge in [-0.25, -0.2) is 0 Å². The van der Waals surface area contributed by atoms with Crippen LogP contribution in [0.4, 0.5) is 0 Å². The third-order valence-corrected chi connectivity index (χ3v) is 5.60. The Hall–Kier alpha value is -2.05. The molecule has 1 fully saturated rings. The summed E-state index contributed by atoms with van der Waals surface area (Å²) >= 11 is 1.75. The number of hydrogen-bond donors (Lipinski definition) is 1. The molecule has 1 aliphatic heterocycles. The van der Waals surface area contributed by atoms with Gasteiger partial charge in [-0.3, -0.25) is 9.69 Å². The van der Waals surface area contributed by atoms with Crippen molar-refractivity contribution in [3.63, 3.8) is 0 Å². The minimum Gasteiger partial charge on any atom is -0.493 e. The molecular formula is C20H26N2O3S. The number of amides is 1. The molecule has 1 atom stereocenters. The summed E-state index contributed by atoms with van der Waals surface area (Å²) < 4.78 is 10.9. The molecule has 2 heterocycles. The van der Waals surface area contributed by atoms with Gasteiger partial charge in [0.2, 0.25) is 0 Å². The number of thiophene rings is 1. The predicted octanol–water partition coefficient (Wildman–Crippen LogP) is 3.48. The molecule has 0 bridgehead atoms. The van der Waals surface area contributed by atoms with Crippen molar-refractivity contribution in [2.45, 2.75) is 25.3 Å². The summed E-state index contributed by atoms with van der Waals surface area (Å²) in [5, 5.41) is 5.13. The Morgan fingerprint density at radius 1 is 1.15 bits per heavy atom. The summed E-state index contributed by atoms with van der Waals surface area (Å²) in [6, 6.07) is 11.8. The lowest BCUT2D eigenvalue weighted by Crippen LogP contribution is -2.41. The number of rotatable bonds is 8. The van der Waals surface area contributed by atoms with Crippen LogP contribution in [0.5, 0.6) is 11.5 Å². The monoisotopic (exact) mass is 374 g/mol. The number of ether oxygens (including phenoxy) is 2. The molecule has 26 heavy (non-hydrogen) atoms. The zero-order valence-electron chi connectivity index (χ0n) is 15.1. The Morgan fingerprint density at radius 3 is 2.62 bits per heavy atom. The Morgan fingerprint density at radius 2 is 1.92 bits per heavy atom. The standard InChI is InChI=1S/C20H26N2O3S/c1-24-17-8-3-4-9-18(17)25-15-20(23)21-14-16(19-10-7-13-26-19)22-11-5-2-6-12-22/h3-4,7-10,13,16H,2,5-6,11-12,14-15H2,1H3,(H,21,23)/t16-/m1/s1. The van der Waals surface area contributed by atoms with Gasteiger partial charge in [0.25, 0.3) is 5.91 Å². The van der Waals surface area contributed by atoms with Gasteiger partial charge in [0.15, 0.2) is 18.1 Å². The van der Waals surface area contributed by atoms with Crippen LogP contribution in [0.2, 0.25) is 0 Å². The third-order valence-electron chi connectivity index (χ3n) is 4.62. The van der Waals surface area contributed by atoms with Crippen molar-refractivity contribution in [3.8, 4) is 11.5 Å². The maximum Gasteiger partial charge on any atom is 0.258 e. The van der Waals surface area contributed by atoms with Crippen LogP contribution in [-0.4, -0.2) is 44.2 Å². The van der Waals surface area contributed by atoms with Crippen LogP contribution >= 0.6 is 11.3 Å². The highest BCUT2D eigenvalue weighted by Crippen LogP contribution is 2.28. The molecule has 0 radical (unpaired) electrons. The van der Waals surface area contributed by atoms with Crippen molar-refractivity contribution in [2.75, 3.05) is 33.4 Å². The van der Waals surface area contributed by atoms with E-state index in [4.69, 9.17) is 9.47 Å². The van der Waals surface area contributed by atoms with E-state index >= 15 is 0 Å². The number of para-hydroxylation sites is 2. The summed E-state index contributed by atoms with van der Waals surface area (Å²) in [5.41, 5.74) is 0. The van der Waals surface area contributed by atoms with E-state index in [-0.39, 0.29) is 18.6 Å². The van der Waals surface area contributed by atoms with E-state index in [0.717, 1.165) is 13.1 Å². The first-order valence-corrected chi connectivity index (χ1v) is 9.96. The van der Waals surface area contributed by atoms with Crippen molar-refractivity contribution in [1.29, 1.82) is 0 Å². The quantitative estimate of drug-likeness (QED) is 0.769. The normalized spacial score (nSPS) is 16.0. The maximum absolute atomic E-state index is 12.3. The molecule has 6 heteroatoms. The van der Waals surface area contributed by atoms with Crippen molar-refractivity contribution in [2.24, 2.45) is 0 Å². The fraction of sp³-hybridized carbons (Fsp3) is 0.450. The van der Waals surface area contributed by atoms with Gasteiger partial charge in [-0.15, -0.1) is 11.3 Å². The average molecular weight is 375 g/mol. The van der Waals surface area contributed by atoms with Crippen molar-refractivity contribution in [3.05, 3.63) is 46.7 Å². The molecular weight excluding hydrogens is 348 g/mol. The van der Waals surface area contributed by atoms with Gasteiger partial charge in [-0.1, -0.05) is 24.6 Å². The first-order chi connectivity index (χ1) is 12.8. The number of hydrogen-bond acceptors (Lipinski definition) is 5. The SMILES string of the molecule is COc1ccccc1OCC(=O)NC[C@H](c1cccs1)N1CCCCC1. The van der Waals surface area contributed by atoms with Crippen molar-refractivity contribution in [1.82, 2.24) is 10.2 Å². The van der Waals surface area contributed by atoms with E-state index in [0.29, 0.717) is 18.0 Å². The van der Waals surface area contributed by atoms with Gasteiger partial charge < -0.3 is 14.8 Å². The van der Waals surface area contributed by atoms with Gasteiger partial charge >= 0.3 is 0 Å². The summed E-state index contributed by atoms with van der Waals surface area (Å²) in [6.45, 7) is 2.78. The minimum atomic E-state index is -0.116. The second-order valence-corrected chi connectivity index (χ2v) is 7.35. The Balaban J connectivity index is 1.54. The van der Waals surface area contributed by atoms with E-state index in [1.165, 1.54) is 24.1 Å². The molecule has 0 spiro atoms. The summed E-state index contributed by atoms with van der Waals surface area (Å²) in [4.78, 5) is 16.1. The van der Waals surface area contributed by atoms with Crippen LogP contribution in [-0.2, 0) is 4.79 Å². The number of nitrogens with one attached hydrogen (secondary N) is 1. The summed E-state index contributed by atoms with van der Waals surface area (Å²) in [6.07, 6.45) is 3.76. The maximum atomic E-state index is 12.3. The molecule has 5 nitrogen and oxygen atoms in total. The second-order valence-electron chi connectivity index (χ2n) is 6.37. The minimum absolute atomic E-state index is 0.0163. The molecule has 0 saturated carbocycles. The fourth-order valence-electron chi connectivity index (χ4n) is 3.26. The third kappa shape index (κ3) is 4.99. The Kier molecular flexibility index (Phi) is 6.91. The molecule has 0 aliphatic carbocycles. The molecule has 3 rings (SSSR count). The van der Waals surface area contributed by atoms with Crippen LogP contribution in [0.15, 0.2) is 41.8 Å². The lowest BCUT2D eigenvalue weighted by atomic mass is 10.1. The first kappa shape index (κ1) is 18.7. The highest BCUT2D eigenvalue weighted by atomic mass is 32.1. The van der Waals surface area contributed by atoms with Crippen LogP contribution in [0.3, 0.4) is 0 Å². The van der Waals surface area contributed by atoms with E-state index in [1.54, 1.807) is 24.5 Å². The highest BCUT2D eigenvalue weighted by molar-refractivity contribution is 7.10. The van der Waals surface area contributed by atoms with Gasteiger partial charge in [-0.2, -0.15) is 0 Å². The Labute approximate surface area is 158 Å². The zero-order valence-corrected chi connectivity index (χ0v) is 16.0. The van der Waals surface area contributed by atoms with Crippen molar-refractivity contribution < 1.29 is 14.3 Å². The van der Waals surface area contributed by atoms with Crippen LogP contribution in [0, 0.1) is 0 Å². The molecule has 1 aliphatic rings. The number of carbonyl (C=O) groups is 1. The van der Waals surface area contributed by atoms with E-state index < -0.39 is 0 Å². The van der Waals surface area contributed by atoms with E-state index in [9.17, 15) is 4.79 Å². The number of carbonyl (C=O) groups excluding carboxylic acids is 1. The molecule has 1 aromatic carbocycles. The molecule has 0 unspecified atom stereocenters. The number of benzene rings is 1. The molecule has 1 aromatic heterocycles. The topological polar surface area (TPSA) is 50.8 Å². The van der Waals surface area contributed by atoms with Gasteiger partial charge in [0, 0.05) is 11.4 Å². The van der Waals surface area contributed by atoms with Crippen LogP contribution < -0.4 is 14.8 Å². The molecule has 2 aromatic rings. The highest BCUT2D eigenvalue weighted by Gasteiger charge is 2.23. The number of nitrogens with zero attached hydrogens (tertiary/aromatic N) is 1. The van der Waals surface area contributed by atoms with Crippen LogP contribution in [0.1, 0.15) is 30.2 Å². The fourth-order valence-corrected chi connectivity index (χ4v) is 4.12. The smallest absolute Gasteiger partial charge is 0.258 e. The summed E-state index contributed by atoms with van der Waals surface area (Å²) in [7, 11) is 1.59. The average Bonchev–Trinajstić information content (AvgIpc) is 3.22. The lowest BCUT2D eigenvalue weighted by molar-refractivity contribution is -0.123. The summed E-state index contributed by atoms with van der Waals surface area (Å²) in [5.74, 6) is 1.09. The molecule has 1 N–H and O–H groups in total. The first-order valence-electron chi connectivity index (χ1n) is 9.08. The lowest BCUT2D eigenvalue weighted by Gasteiger charge is -2.34. The van der Waals surface area contributed by atoms with Gasteiger partial charge in [-0.05, 0) is 49.5 Å². The number of piperidine rings is 1. The largest absolute Gasteiger partial charge is 0.493 e. The van der Waals surface area contributed by atoms with Gasteiger partial charge in [0.1, 0.15) is 0 Å². The Bertz CT molecular complexity index is 684. The van der Waals surface area contributed by atoms with Gasteiger partial charge in [0.05, 0.1) is 13.2 Å². The second kappa shape index (κ2) is 9.59. The number of methoxy groups -OCH3 is 1. The predicted molar refractivity (Wildman–Crippen MR) is 104 cm³/mol. The van der Waals surface area contributed by atoms with E-state index in [1.807, 2.05) is 18.2 Å². The zero-order chi connectivity index (χ0) is 18.2. The molecule has 1 amide bonds. The van der Waals surface area contributed by atoms with Crippen LogP contribution in [0.25, 0.3) is 0 Å². The number of likely N-dealkylation sites (tertiary alicyclic amines) is 1.